The van der Waals surface area contributed by atoms with Crippen LogP contribution in [0.25, 0.3) is 0 Å². The SMILES string of the molecule is C[C@H](Sc1nnc(N)s1)C(=O)N[C@H](C)[C@@H]1C[C@H]2CC[C@H]1C2. The van der Waals surface area contributed by atoms with Gasteiger partial charge in [-0.05, 0) is 50.9 Å². The van der Waals surface area contributed by atoms with E-state index in [4.69, 9.17) is 5.73 Å². The molecule has 3 rings (SSSR count). The molecule has 0 unspecified atom stereocenters. The van der Waals surface area contributed by atoms with Gasteiger partial charge in [-0.1, -0.05) is 29.5 Å². The van der Waals surface area contributed by atoms with Crippen LogP contribution in [0.2, 0.25) is 0 Å². The number of hydrogen-bond donors (Lipinski definition) is 2. The number of aromatic nitrogens is 2. The minimum atomic E-state index is -0.168. The summed E-state index contributed by atoms with van der Waals surface area (Å²) >= 11 is 2.75. The normalized spacial score (nSPS) is 30.3. The Balaban J connectivity index is 1.51. The van der Waals surface area contributed by atoms with Gasteiger partial charge in [0.1, 0.15) is 0 Å². The molecular weight excluding hydrogens is 304 g/mol. The first kappa shape index (κ1) is 15.1. The zero-order valence-corrected chi connectivity index (χ0v) is 14.0. The second kappa shape index (κ2) is 6.12. The number of amides is 1. The molecule has 1 amide bonds. The van der Waals surface area contributed by atoms with Gasteiger partial charge in [-0.25, -0.2) is 0 Å². The number of carbonyl (C=O) groups is 1. The minimum Gasteiger partial charge on any atom is -0.374 e. The highest BCUT2D eigenvalue weighted by atomic mass is 32.2. The zero-order chi connectivity index (χ0) is 15.0. The maximum atomic E-state index is 12.3. The van der Waals surface area contributed by atoms with Gasteiger partial charge in [-0.15, -0.1) is 10.2 Å². The molecule has 0 aliphatic heterocycles. The Kier molecular flexibility index (Phi) is 4.40. The van der Waals surface area contributed by atoms with Crippen LogP contribution in [0.1, 0.15) is 39.5 Å². The molecule has 1 aromatic rings. The first-order valence-electron chi connectivity index (χ1n) is 7.59. The molecule has 1 aromatic heterocycles. The Bertz CT molecular complexity index is 521. The van der Waals surface area contributed by atoms with Crippen molar-refractivity contribution in [1.82, 2.24) is 15.5 Å². The molecule has 2 bridgehead atoms. The smallest absolute Gasteiger partial charge is 0.233 e. The van der Waals surface area contributed by atoms with Gasteiger partial charge in [-0.3, -0.25) is 4.79 Å². The average Bonchev–Trinajstić information content (AvgIpc) is 3.15. The van der Waals surface area contributed by atoms with Gasteiger partial charge in [-0.2, -0.15) is 0 Å². The summed E-state index contributed by atoms with van der Waals surface area (Å²) < 4.78 is 0.753. The van der Waals surface area contributed by atoms with Crippen molar-refractivity contribution in [3.63, 3.8) is 0 Å². The van der Waals surface area contributed by atoms with E-state index in [1.807, 2.05) is 6.92 Å². The van der Waals surface area contributed by atoms with Gasteiger partial charge in [0.2, 0.25) is 11.0 Å². The summed E-state index contributed by atoms with van der Waals surface area (Å²) in [6, 6.07) is 0.273. The van der Waals surface area contributed by atoms with Crippen molar-refractivity contribution in [3.05, 3.63) is 0 Å². The molecule has 1 heterocycles. The third-order valence-electron chi connectivity index (χ3n) is 4.87. The van der Waals surface area contributed by atoms with Crippen LogP contribution in [0.4, 0.5) is 5.13 Å². The number of fused-ring (bicyclic) bond motifs is 2. The van der Waals surface area contributed by atoms with Crippen LogP contribution >= 0.6 is 23.1 Å². The second-order valence-corrected chi connectivity index (χ2v) is 8.90. The summed E-state index contributed by atoms with van der Waals surface area (Å²) in [6.45, 7) is 4.06. The molecule has 7 heteroatoms. The Labute approximate surface area is 133 Å². The Morgan fingerprint density at radius 2 is 2.19 bits per heavy atom. The number of nitrogens with two attached hydrogens (primary N) is 1. The predicted molar refractivity (Wildman–Crippen MR) is 86.2 cm³/mol. The number of thioether (sulfide) groups is 1. The van der Waals surface area contributed by atoms with E-state index < -0.39 is 0 Å². The van der Waals surface area contributed by atoms with Crippen molar-refractivity contribution in [2.24, 2.45) is 17.8 Å². The largest absolute Gasteiger partial charge is 0.374 e. The Morgan fingerprint density at radius 1 is 1.38 bits per heavy atom. The van der Waals surface area contributed by atoms with Crippen LogP contribution in [0.3, 0.4) is 0 Å². The number of nitrogens with zero attached hydrogens (tertiary/aromatic N) is 2. The van der Waals surface area contributed by atoms with E-state index in [0.29, 0.717) is 11.0 Å². The van der Waals surface area contributed by atoms with E-state index >= 15 is 0 Å². The number of nitrogens with one attached hydrogen (secondary N) is 1. The molecule has 2 fully saturated rings. The van der Waals surface area contributed by atoms with Crippen LogP contribution < -0.4 is 11.1 Å². The van der Waals surface area contributed by atoms with Crippen molar-refractivity contribution >= 4 is 34.1 Å². The zero-order valence-electron chi connectivity index (χ0n) is 12.4. The van der Waals surface area contributed by atoms with Gasteiger partial charge in [0.15, 0.2) is 4.34 Å². The standard InChI is InChI=1S/C14H22N4OS2/c1-7(11-6-9-3-4-10(11)5-9)16-12(19)8(2)20-14-18-17-13(15)21-14/h7-11H,3-6H2,1-2H3,(H2,15,17)(H,16,19)/t7-,8+,9+,10+,11+/m1/s1. The molecule has 3 N–H and O–H groups in total. The van der Waals surface area contributed by atoms with Crippen LogP contribution in [0, 0.1) is 17.8 Å². The van der Waals surface area contributed by atoms with Gasteiger partial charge in [0, 0.05) is 6.04 Å². The fraction of sp³-hybridized carbons (Fsp3) is 0.786. The minimum absolute atomic E-state index is 0.0871. The summed E-state index contributed by atoms with van der Waals surface area (Å²) in [7, 11) is 0. The van der Waals surface area contributed by atoms with E-state index in [1.54, 1.807) is 0 Å². The third kappa shape index (κ3) is 3.34. The molecule has 2 aliphatic carbocycles. The second-order valence-electron chi connectivity index (χ2n) is 6.30. The maximum absolute atomic E-state index is 12.3. The number of anilines is 1. The Morgan fingerprint density at radius 3 is 2.76 bits per heavy atom. The lowest BCUT2D eigenvalue weighted by Gasteiger charge is -2.29. The van der Waals surface area contributed by atoms with E-state index in [9.17, 15) is 4.79 Å². The summed E-state index contributed by atoms with van der Waals surface area (Å²) in [4.78, 5) is 12.3. The molecular formula is C14H22N4OS2. The lowest BCUT2D eigenvalue weighted by molar-refractivity contribution is -0.121. The summed E-state index contributed by atoms with van der Waals surface area (Å²) in [5.74, 6) is 2.50. The molecule has 116 valence electrons. The molecule has 2 aliphatic rings. The topological polar surface area (TPSA) is 80.9 Å². The molecule has 0 saturated heterocycles. The first-order valence-corrected chi connectivity index (χ1v) is 9.28. The van der Waals surface area contributed by atoms with Crippen molar-refractivity contribution < 1.29 is 4.79 Å². The highest BCUT2D eigenvalue weighted by Crippen LogP contribution is 2.49. The molecule has 0 radical (unpaired) electrons. The molecule has 2 saturated carbocycles. The van der Waals surface area contributed by atoms with Crippen molar-refractivity contribution in [3.8, 4) is 0 Å². The van der Waals surface area contributed by atoms with E-state index in [2.05, 4.69) is 22.4 Å². The van der Waals surface area contributed by atoms with Gasteiger partial charge >= 0.3 is 0 Å². The number of nitrogen functional groups attached to an aromatic ring is 1. The fourth-order valence-corrected chi connectivity index (χ4v) is 5.62. The average molecular weight is 326 g/mol. The van der Waals surface area contributed by atoms with Gasteiger partial charge < -0.3 is 11.1 Å². The molecule has 0 spiro atoms. The lowest BCUT2D eigenvalue weighted by Crippen LogP contribution is -2.43. The molecule has 5 nitrogen and oxygen atoms in total. The number of rotatable bonds is 5. The molecule has 0 aromatic carbocycles. The van der Waals surface area contributed by atoms with E-state index in [0.717, 1.165) is 16.2 Å². The quantitative estimate of drug-likeness (QED) is 0.813. The van der Waals surface area contributed by atoms with Crippen molar-refractivity contribution in [2.45, 2.75) is 55.2 Å². The van der Waals surface area contributed by atoms with Crippen LogP contribution in [0.15, 0.2) is 4.34 Å². The van der Waals surface area contributed by atoms with Gasteiger partial charge in [0.05, 0.1) is 5.25 Å². The number of carbonyl (C=O) groups excluding carboxylic acids is 1. The predicted octanol–water partition coefficient (Wildman–Crippen LogP) is 2.54. The van der Waals surface area contributed by atoms with Crippen LogP contribution in [0.5, 0.6) is 0 Å². The first-order chi connectivity index (χ1) is 10.0. The summed E-state index contributed by atoms with van der Waals surface area (Å²) in [5.41, 5.74) is 5.56. The maximum Gasteiger partial charge on any atom is 0.233 e. The van der Waals surface area contributed by atoms with E-state index in [1.165, 1.54) is 48.8 Å². The van der Waals surface area contributed by atoms with Gasteiger partial charge in [0.25, 0.3) is 0 Å². The third-order valence-corrected chi connectivity index (χ3v) is 6.81. The molecule has 21 heavy (non-hydrogen) atoms. The highest BCUT2D eigenvalue weighted by molar-refractivity contribution is 8.02. The monoisotopic (exact) mass is 326 g/mol. The Hall–Kier alpha value is -0.820. The van der Waals surface area contributed by atoms with Crippen molar-refractivity contribution in [2.75, 3.05) is 5.73 Å². The number of hydrogen-bond acceptors (Lipinski definition) is 6. The lowest BCUT2D eigenvalue weighted by atomic mass is 9.84. The van der Waals surface area contributed by atoms with E-state index in [-0.39, 0.29) is 17.2 Å². The molecule has 5 atom stereocenters. The fourth-order valence-electron chi connectivity index (χ4n) is 3.83. The van der Waals surface area contributed by atoms with Crippen LogP contribution in [-0.4, -0.2) is 27.4 Å². The summed E-state index contributed by atoms with van der Waals surface area (Å²) in [5, 5.41) is 11.2. The highest BCUT2D eigenvalue weighted by Gasteiger charge is 2.42. The van der Waals surface area contributed by atoms with Crippen molar-refractivity contribution in [1.29, 1.82) is 0 Å². The summed E-state index contributed by atoms with van der Waals surface area (Å²) in [6.07, 6.45) is 5.41. The van der Waals surface area contributed by atoms with Crippen LogP contribution in [-0.2, 0) is 4.79 Å².